The van der Waals surface area contributed by atoms with E-state index in [9.17, 15) is 13.6 Å². The molecule has 26 heavy (non-hydrogen) atoms. The Morgan fingerprint density at radius 2 is 2.19 bits per heavy atom. The predicted octanol–water partition coefficient (Wildman–Crippen LogP) is 2.97. The predicted molar refractivity (Wildman–Crippen MR) is 93.8 cm³/mol. The van der Waals surface area contributed by atoms with Crippen LogP contribution in [0.1, 0.15) is 5.56 Å². The Hall–Kier alpha value is -2.06. The third-order valence-electron chi connectivity index (χ3n) is 3.93. The van der Waals surface area contributed by atoms with Crippen molar-refractivity contribution in [2.45, 2.75) is 12.5 Å². The number of hydrogen-bond acceptors (Lipinski definition) is 4. The zero-order valence-electron chi connectivity index (χ0n) is 13.8. The lowest BCUT2D eigenvalue weighted by Gasteiger charge is -2.33. The quantitative estimate of drug-likeness (QED) is 0.737. The summed E-state index contributed by atoms with van der Waals surface area (Å²) >= 11 is 3.33. The number of carbonyl (C=O) groups excluding carboxylic acids is 1. The van der Waals surface area contributed by atoms with E-state index in [1.807, 2.05) is 6.07 Å². The minimum absolute atomic E-state index is 0.0304. The third kappa shape index (κ3) is 4.98. The van der Waals surface area contributed by atoms with Crippen molar-refractivity contribution in [1.29, 1.82) is 0 Å². The molecule has 3 rings (SSSR count). The van der Waals surface area contributed by atoms with E-state index in [2.05, 4.69) is 20.9 Å². The van der Waals surface area contributed by atoms with E-state index in [0.29, 0.717) is 19.7 Å². The molecule has 0 saturated carbocycles. The van der Waals surface area contributed by atoms with E-state index in [1.165, 1.54) is 0 Å². The number of benzene rings is 1. The molecule has 1 saturated heterocycles. The summed E-state index contributed by atoms with van der Waals surface area (Å²) in [5.74, 6) is -1.44. The summed E-state index contributed by atoms with van der Waals surface area (Å²) in [4.78, 5) is 18.2. The second kappa shape index (κ2) is 8.55. The summed E-state index contributed by atoms with van der Waals surface area (Å²) in [7, 11) is 0. The smallest absolute Gasteiger partial charge is 0.227 e. The summed E-state index contributed by atoms with van der Waals surface area (Å²) in [6.45, 7) is 1.20. The van der Waals surface area contributed by atoms with Gasteiger partial charge in [0.2, 0.25) is 5.91 Å². The first-order valence-corrected chi connectivity index (χ1v) is 8.87. The molecule has 1 atom stereocenters. The highest BCUT2D eigenvalue weighted by molar-refractivity contribution is 9.10. The van der Waals surface area contributed by atoms with Crippen LogP contribution >= 0.6 is 15.9 Å². The summed E-state index contributed by atoms with van der Waals surface area (Å²) in [5, 5.41) is 0. The Kier molecular flexibility index (Phi) is 6.16. The van der Waals surface area contributed by atoms with E-state index in [0.717, 1.165) is 28.2 Å². The Morgan fingerprint density at radius 1 is 1.35 bits per heavy atom. The highest BCUT2D eigenvalue weighted by atomic mass is 79.9. The summed E-state index contributed by atoms with van der Waals surface area (Å²) in [6.07, 6.45) is 3.13. The molecule has 1 aromatic heterocycles. The minimum Gasteiger partial charge on any atom is -0.488 e. The van der Waals surface area contributed by atoms with Crippen LogP contribution < -0.4 is 4.74 Å². The molecule has 1 amide bonds. The van der Waals surface area contributed by atoms with Crippen LogP contribution in [0.5, 0.6) is 5.75 Å². The SMILES string of the molecule is O=C(Cc1cncc(Br)c1)N1CCOC(COc2cc(F)ccc2F)C1. The van der Waals surface area contributed by atoms with Crippen LogP contribution in [0, 0.1) is 11.6 Å². The lowest BCUT2D eigenvalue weighted by molar-refractivity contribution is -0.139. The van der Waals surface area contributed by atoms with Gasteiger partial charge in [0.05, 0.1) is 19.6 Å². The number of carbonyl (C=O) groups is 1. The van der Waals surface area contributed by atoms with Crippen molar-refractivity contribution >= 4 is 21.8 Å². The number of amides is 1. The van der Waals surface area contributed by atoms with Crippen molar-refractivity contribution in [3.63, 3.8) is 0 Å². The van der Waals surface area contributed by atoms with Gasteiger partial charge in [-0.2, -0.15) is 0 Å². The molecule has 8 heteroatoms. The van der Waals surface area contributed by atoms with E-state index in [1.54, 1.807) is 17.3 Å². The average Bonchev–Trinajstić information content (AvgIpc) is 2.63. The fourth-order valence-electron chi connectivity index (χ4n) is 2.66. The number of hydrogen-bond donors (Lipinski definition) is 0. The van der Waals surface area contributed by atoms with Crippen molar-refractivity contribution in [2.75, 3.05) is 26.3 Å². The summed E-state index contributed by atoms with van der Waals surface area (Å²) < 4.78 is 38.5. The molecule has 0 radical (unpaired) electrons. The first-order valence-electron chi connectivity index (χ1n) is 8.08. The number of pyridine rings is 1. The first kappa shape index (κ1) is 18.7. The van der Waals surface area contributed by atoms with Crippen LogP contribution in [0.15, 0.2) is 41.1 Å². The van der Waals surface area contributed by atoms with Crippen LogP contribution in [-0.2, 0) is 16.0 Å². The molecule has 0 spiro atoms. The van der Waals surface area contributed by atoms with Gasteiger partial charge in [-0.25, -0.2) is 8.78 Å². The first-order chi connectivity index (χ1) is 12.5. The van der Waals surface area contributed by atoms with Crippen LogP contribution in [0.25, 0.3) is 0 Å². The van der Waals surface area contributed by atoms with E-state index in [-0.39, 0.29) is 24.7 Å². The zero-order chi connectivity index (χ0) is 18.5. The number of morpholine rings is 1. The van der Waals surface area contributed by atoms with Crippen LogP contribution in [-0.4, -0.2) is 48.2 Å². The van der Waals surface area contributed by atoms with Gasteiger partial charge in [-0.05, 0) is 39.7 Å². The van der Waals surface area contributed by atoms with E-state index < -0.39 is 17.7 Å². The molecule has 1 aliphatic rings. The second-order valence-corrected chi connectivity index (χ2v) is 6.82. The lowest BCUT2D eigenvalue weighted by Crippen LogP contribution is -2.48. The third-order valence-corrected chi connectivity index (χ3v) is 4.36. The summed E-state index contributed by atoms with van der Waals surface area (Å²) in [6, 6.07) is 4.87. The van der Waals surface area contributed by atoms with Crippen LogP contribution in [0.2, 0.25) is 0 Å². The van der Waals surface area contributed by atoms with Gasteiger partial charge in [-0.15, -0.1) is 0 Å². The van der Waals surface area contributed by atoms with Crippen molar-refractivity contribution in [1.82, 2.24) is 9.88 Å². The van der Waals surface area contributed by atoms with Crippen LogP contribution in [0.4, 0.5) is 8.78 Å². The van der Waals surface area contributed by atoms with Gasteiger partial charge in [-0.3, -0.25) is 9.78 Å². The van der Waals surface area contributed by atoms with E-state index >= 15 is 0 Å². The molecule has 1 aliphatic heterocycles. The Balaban J connectivity index is 1.55. The molecule has 1 fully saturated rings. The lowest BCUT2D eigenvalue weighted by atomic mass is 10.2. The Labute approximate surface area is 158 Å². The normalized spacial score (nSPS) is 17.2. The highest BCUT2D eigenvalue weighted by Crippen LogP contribution is 2.19. The maximum atomic E-state index is 13.6. The molecule has 2 aromatic rings. The maximum Gasteiger partial charge on any atom is 0.227 e. The van der Waals surface area contributed by atoms with Crippen molar-refractivity contribution in [3.05, 3.63) is 58.3 Å². The topological polar surface area (TPSA) is 51.7 Å². The zero-order valence-corrected chi connectivity index (χ0v) is 15.4. The molecular weight excluding hydrogens is 410 g/mol. The van der Waals surface area contributed by atoms with Gasteiger partial charge in [0.15, 0.2) is 11.6 Å². The van der Waals surface area contributed by atoms with Gasteiger partial charge >= 0.3 is 0 Å². The number of nitrogens with zero attached hydrogens (tertiary/aromatic N) is 2. The van der Waals surface area contributed by atoms with E-state index in [4.69, 9.17) is 9.47 Å². The molecule has 2 heterocycles. The number of aromatic nitrogens is 1. The number of ether oxygens (including phenoxy) is 2. The van der Waals surface area contributed by atoms with Crippen molar-refractivity contribution < 1.29 is 23.0 Å². The fourth-order valence-corrected chi connectivity index (χ4v) is 3.07. The van der Waals surface area contributed by atoms with Gasteiger partial charge in [-0.1, -0.05) is 0 Å². The molecule has 0 aliphatic carbocycles. The second-order valence-electron chi connectivity index (χ2n) is 5.91. The Bertz CT molecular complexity index is 791. The summed E-state index contributed by atoms with van der Waals surface area (Å²) in [5.41, 5.74) is 0.811. The largest absolute Gasteiger partial charge is 0.488 e. The van der Waals surface area contributed by atoms with Crippen LogP contribution in [0.3, 0.4) is 0 Å². The van der Waals surface area contributed by atoms with Crippen molar-refractivity contribution in [3.8, 4) is 5.75 Å². The van der Waals surface area contributed by atoms with Gasteiger partial charge in [0.25, 0.3) is 0 Å². The van der Waals surface area contributed by atoms with Gasteiger partial charge in [0, 0.05) is 29.5 Å². The molecule has 0 N–H and O–H groups in total. The number of rotatable bonds is 5. The average molecular weight is 427 g/mol. The highest BCUT2D eigenvalue weighted by Gasteiger charge is 2.25. The standard InChI is InChI=1S/C18H17BrF2N2O3/c19-13-5-12(8-22-9-13)6-18(24)23-3-4-25-15(10-23)11-26-17-7-14(20)1-2-16(17)21/h1-2,5,7-9,15H,3-4,6,10-11H2. The Morgan fingerprint density at radius 3 is 3.00 bits per heavy atom. The van der Waals surface area contributed by atoms with Crippen molar-refractivity contribution in [2.24, 2.45) is 0 Å². The molecule has 1 unspecified atom stereocenters. The maximum absolute atomic E-state index is 13.6. The molecule has 5 nitrogen and oxygen atoms in total. The van der Waals surface area contributed by atoms with Gasteiger partial charge < -0.3 is 14.4 Å². The monoisotopic (exact) mass is 426 g/mol. The molecular formula is C18H17BrF2N2O3. The minimum atomic E-state index is -0.641. The fraction of sp³-hybridized carbons (Fsp3) is 0.333. The van der Waals surface area contributed by atoms with Gasteiger partial charge in [0.1, 0.15) is 18.5 Å². The molecule has 138 valence electrons. The number of halogens is 3. The molecule has 0 bridgehead atoms. The molecule has 1 aromatic carbocycles.